The summed E-state index contributed by atoms with van der Waals surface area (Å²) in [6.45, 7) is 5.19. The Bertz CT molecular complexity index is 962. The fourth-order valence-corrected chi connectivity index (χ4v) is 2.73. The third-order valence-electron chi connectivity index (χ3n) is 3.93. The van der Waals surface area contributed by atoms with Crippen molar-refractivity contribution < 1.29 is 23.0 Å². The van der Waals surface area contributed by atoms with Gasteiger partial charge in [0.2, 0.25) is 5.88 Å². The number of hydrogen-bond donors (Lipinski definition) is 0. The van der Waals surface area contributed by atoms with E-state index in [1.54, 1.807) is 26.0 Å². The monoisotopic (exact) mass is 360 g/mol. The van der Waals surface area contributed by atoms with Crippen LogP contribution in [0.4, 0.5) is 8.78 Å². The highest BCUT2D eigenvalue weighted by Gasteiger charge is 2.21. The third-order valence-corrected chi connectivity index (χ3v) is 3.93. The average molecular weight is 360 g/mol. The Morgan fingerprint density at radius 1 is 1.19 bits per heavy atom. The molecule has 0 fully saturated rings. The lowest BCUT2D eigenvalue weighted by molar-refractivity contribution is 0.0528. The number of ether oxygens (including phenoxy) is 2. The number of fused-ring (bicyclic) bond motifs is 1. The minimum atomic E-state index is -0.683. The summed E-state index contributed by atoms with van der Waals surface area (Å²) in [4.78, 5) is 12.2. The highest BCUT2D eigenvalue weighted by Crippen LogP contribution is 2.25. The van der Waals surface area contributed by atoms with Crippen LogP contribution >= 0.6 is 0 Å². The maximum Gasteiger partial charge on any atom is 0.342 e. The molecule has 0 atom stereocenters. The summed E-state index contributed by atoms with van der Waals surface area (Å²) in [6, 6.07) is 7.10. The molecule has 5 nitrogen and oxygen atoms in total. The van der Waals surface area contributed by atoms with Crippen molar-refractivity contribution in [1.29, 1.82) is 0 Å². The highest BCUT2D eigenvalue weighted by molar-refractivity contribution is 5.98. The molecule has 0 N–H and O–H groups in total. The maximum atomic E-state index is 13.8. The van der Waals surface area contributed by atoms with Crippen LogP contribution in [-0.2, 0) is 11.3 Å². The first-order chi connectivity index (χ1) is 12.4. The quantitative estimate of drug-likeness (QED) is 0.646. The number of rotatable bonds is 5. The van der Waals surface area contributed by atoms with Crippen molar-refractivity contribution in [3.8, 4) is 5.88 Å². The SMILES string of the molecule is CCOC(=O)c1c(C)nn2c(OCc3c(F)cccc3F)cc(C)cc12. The molecule has 26 heavy (non-hydrogen) atoms. The van der Waals surface area contributed by atoms with E-state index < -0.39 is 17.6 Å². The molecular formula is C19H18F2N2O3. The molecule has 2 heterocycles. The number of pyridine rings is 1. The Kier molecular flexibility index (Phi) is 4.88. The second kappa shape index (κ2) is 7.11. The van der Waals surface area contributed by atoms with Crippen molar-refractivity contribution in [2.75, 3.05) is 6.61 Å². The van der Waals surface area contributed by atoms with E-state index in [0.717, 1.165) is 5.56 Å². The topological polar surface area (TPSA) is 52.8 Å². The van der Waals surface area contributed by atoms with Gasteiger partial charge in [0, 0.05) is 6.07 Å². The largest absolute Gasteiger partial charge is 0.473 e. The standard InChI is InChI=1S/C19H18F2N2O3/c1-4-25-19(24)18-12(3)22-23-16(18)8-11(2)9-17(23)26-10-13-14(20)6-5-7-15(13)21/h5-9H,4,10H2,1-3H3. The molecule has 0 bridgehead atoms. The first-order valence-corrected chi connectivity index (χ1v) is 8.15. The van der Waals surface area contributed by atoms with Gasteiger partial charge < -0.3 is 9.47 Å². The van der Waals surface area contributed by atoms with Gasteiger partial charge in [-0.15, -0.1) is 0 Å². The van der Waals surface area contributed by atoms with Gasteiger partial charge in [-0.25, -0.2) is 13.6 Å². The summed E-state index contributed by atoms with van der Waals surface area (Å²) in [5.74, 6) is -1.56. The first kappa shape index (κ1) is 17.8. The molecule has 0 saturated carbocycles. The van der Waals surface area contributed by atoms with Crippen molar-refractivity contribution in [3.05, 3.63) is 64.4 Å². The summed E-state index contributed by atoms with van der Waals surface area (Å²) < 4.78 is 39.7. The summed E-state index contributed by atoms with van der Waals surface area (Å²) in [7, 11) is 0. The average Bonchev–Trinajstić information content (AvgIpc) is 2.90. The van der Waals surface area contributed by atoms with Crippen LogP contribution in [-0.4, -0.2) is 22.2 Å². The highest BCUT2D eigenvalue weighted by atomic mass is 19.1. The van der Waals surface area contributed by atoms with Crippen LogP contribution < -0.4 is 4.74 Å². The molecule has 0 unspecified atom stereocenters. The molecule has 1 aromatic carbocycles. The lowest BCUT2D eigenvalue weighted by atomic mass is 10.1. The van der Waals surface area contributed by atoms with Gasteiger partial charge in [-0.05, 0) is 44.5 Å². The number of benzene rings is 1. The molecule has 0 aliphatic rings. The lowest BCUT2D eigenvalue weighted by Crippen LogP contribution is -2.07. The smallest absolute Gasteiger partial charge is 0.342 e. The summed E-state index contributed by atoms with van der Waals surface area (Å²) in [5.41, 5.74) is 1.99. The molecule has 0 aliphatic heterocycles. The lowest BCUT2D eigenvalue weighted by Gasteiger charge is -2.11. The number of hydrogen-bond acceptors (Lipinski definition) is 4. The van der Waals surface area contributed by atoms with Gasteiger partial charge in [-0.3, -0.25) is 0 Å². The molecule has 3 rings (SSSR count). The second-order valence-corrected chi connectivity index (χ2v) is 5.84. The number of halogens is 2. The zero-order valence-corrected chi connectivity index (χ0v) is 14.7. The van der Waals surface area contributed by atoms with E-state index >= 15 is 0 Å². The van der Waals surface area contributed by atoms with E-state index in [9.17, 15) is 13.6 Å². The van der Waals surface area contributed by atoms with Gasteiger partial charge in [0.05, 0.1) is 23.4 Å². The molecule has 0 spiro atoms. The molecule has 0 saturated heterocycles. The normalized spacial score (nSPS) is 11.0. The number of nitrogens with zero attached hydrogens (tertiary/aromatic N) is 2. The molecule has 2 aromatic heterocycles. The van der Waals surface area contributed by atoms with E-state index in [1.807, 2.05) is 6.92 Å². The number of esters is 1. The van der Waals surface area contributed by atoms with Crippen molar-refractivity contribution >= 4 is 11.5 Å². The Labute approximate surface area is 149 Å². The number of carbonyl (C=O) groups is 1. The van der Waals surface area contributed by atoms with E-state index in [4.69, 9.17) is 9.47 Å². The predicted octanol–water partition coefficient (Wildman–Crippen LogP) is 3.99. The van der Waals surface area contributed by atoms with Crippen LogP contribution in [0.3, 0.4) is 0 Å². The number of carbonyl (C=O) groups excluding carboxylic acids is 1. The Morgan fingerprint density at radius 3 is 2.54 bits per heavy atom. The van der Waals surface area contributed by atoms with Gasteiger partial charge in [-0.1, -0.05) is 6.07 Å². The zero-order chi connectivity index (χ0) is 18.8. The number of aryl methyl sites for hydroxylation is 2. The van der Waals surface area contributed by atoms with Crippen molar-refractivity contribution in [2.24, 2.45) is 0 Å². The van der Waals surface area contributed by atoms with Crippen LogP contribution in [0.2, 0.25) is 0 Å². The van der Waals surface area contributed by atoms with Crippen molar-refractivity contribution in [2.45, 2.75) is 27.4 Å². The van der Waals surface area contributed by atoms with Crippen LogP contribution in [0.15, 0.2) is 30.3 Å². The van der Waals surface area contributed by atoms with Crippen LogP contribution in [0, 0.1) is 25.5 Å². The molecule has 7 heteroatoms. The van der Waals surface area contributed by atoms with E-state index in [-0.39, 0.29) is 24.7 Å². The fraction of sp³-hybridized carbons (Fsp3) is 0.263. The predicted molar refractivity (Wildman–Crippen MR) is 91.3 cm³/mol. The van der Waals surface area contributed by atoms with Gasteiger partial charge in [-0.2, -0.15) is 9.61 Å². The second-order valence-electron chi connectivity index (χ2n) is 5.84. The van der Waals surface area contributed by atoms with Crippen LogP contribution in [0.25, 0.3) is 5.52 Å². The Morgan fingerprint density at radius 2 is 1.88 bits per heavy atom. The third kappa shape index (κ3) is 3.24. The first-order valence-electron chi connectivity index (χ1n) is 8.15. The molecular weight excluding hydrogens is 342 g/mol. The van der Waals surface area contributed by atoms with Crippen molar-refractivity contribution in [3.63, 3.8) is 0 Å². The van der Waals surface area contributed by atoms with Gasteiger partial charge in [0.15, 0.2) is 0 Å². The minimum absolute atomic E-state index is 0.170. The summed E-state index contributed by atoms with van der Waals surface area (Å²) in [6.07, 6.45) is 0. The van der Waals surface area contributed by atoms with Crippen LogP contribution in [0.5, 0.6) is 5.88 Å². The molecule has 3 aromatic rings. The molecule has 0 amide bonds. The zero-order valence-electron chi connectivity index (χ0n) is 14.7. The van der Waals surface area contributed by atoms with Crippen molar-refractivity contribution in [1.82, 2.24) is 9.61 Å². The van der Waals surface area contributed by atoms with Gasteiger partial charge >= 0.3 is 5.97 Å². The summed E-state index contributed by atoms with van der Waals surface area (Å²) in [5, 5.41) is 4.32. The molecule has 0 aliphatic carbocycles. The Balaban J connectivity index is 2.01. The summed E-state index contributed by atoms with van der Waals surface area (Å²) >= 11 is 0. The Hall–Kier alpha value is -2.96. The number of aromatic nitrogens is 2. The van der Waals surface area contributed by atoms with E-state index in [0.29, 0.717) is 16.8 Å². The van der Waals surface area contributed by atoms with E-state index in [1.165, 1.54) is 22.7 Å². The van der Waals surface area contributed by atoms with Gasteiger partial charge in [0.25, 0.3) is 0 Å². The minimum Gasteiger partial charge on any atom is -0.473 e. The molecule has 0 radical (unpaired) electrons. The van der Waals surface area contributed by atoms with Crippen LogP contribution in [0.1, 0.15) is 34.1 Å². The molecule has 136 valence electrons. The maximum absolute atomic E-state index is 13.8. The van der Waals surface area contributed by atoms with Gasteiger partial charge in [0.1, 0.15) is 23.8 Å². The van der Waals surface area contributed by atoms with E-state index in [2.05, 4.69) is 5.10 Å². The fourth-order valence-electron chi connectivity index (χ4n) is 2.73.